The number of rotatable bonds is 6. The predicted octanol–water partition coefficient (Wildman–Crippen LogP) is 3.89. The lowest BCUT2D eigenvalue weighted by Gasteiger charge is -2.33. The molecule has 0 fully saturated rings. The van der Waals surface area contributed by atoms with Gasteiger partial charge in [0.05, 0.1) is 25.0 Å². The molecule has 0 saturated heterocycles. The van der Waals surface area contributed by atoms with Gasteiger partial charge in [0.25, 0.3) is 0 Å². The second kappa shape index (κ2) is 7.73. The molecule has 0 aromatic heterocycles. The Morgan fingerprint density at radius 1 is 1.38 bits per heavy atom. The minimum absolute atomic E-state index is 0.0189. The summed E-state index contributed by atoms with van der Waals surface area (Å²) in [4.78, 5) is 4.98. The van der Waals surface area contributed by atoms with Crippen LogP contribution in [0.15, 0.2) is 53.6 Å². The Bertz CT molecular complexity index is 713. The average Bonchev–Trinajstić information content (AvgIpc) is 2.53. The van der Waals surface area contributed by atoms with E-state index in [1.54, 1.807) is 19.3 Å². The van der Waals surface area contributed by atoms with Crippen LogP contribution in [0.1, 0.15) is 35.1 Å². The maximum Gasteiger partial charge on any atom is 0.0805 e. The summed E-state index contributed by atoms with van der Waals surface area (Å²) in [6, 6.07) is 4.31. The van der Waals surface area contributed by atoms with E-state index in [9.17, 15) is 5.11 Å². The van der Waals surface area contributed by atoms with Gasteiger partial charge in [0.2, 0.25) is 0 Å². The van der Waals surface area contributed by atoms with Crippen LogP contribution < -0.4 is 0 Å². The van der Waals surface area contributed by atoms with Gasteiger partial charge in [0.1, 0.15) is 0 Å². The highest BCUT2D eigenvalue weighted by Gasteiger charge is 2.32. The molecule has 0 spiro atoms. The monoisotopic (exact) mass is 325 g/mol. The number of aliphatic hydroxyl groups excluding tert-OH is 1. The van der Waals surface area contributed by atoms with Crippen LogP contribution in [0.2, 0.25) is 0 Å². The summed E-state index contributed by atoms with van der Waals surface area (Å²) in [5, 5.41) is 9.37. The summed E-state index contributed by atoms with van der Waals surface area (Å²) in [6.45, 7) is 14.8. The van der Waals surface area contributed by atoms with Crippen molar-refractivity contribution in [3.05, 3.63) is 70.8 Å². The van der Waals surface area contributed by atoms with E-state index in [2.05, 4.69) is 46.1 Å². The van der Waals surface area contributed by atoms with Crippen molar-refractivity contribution in [2.24, 2.45) is 4.99 Å². The lowest BCUT2D eigenvalue weighted by molar-refractivity contribution is 0.217. The van der Waals surface area contributed by atoms with E-state index in [1.807, 2.05) is 0 Å². The average molecular weight is 325 g/mol. The summed E-state index contributed by atoms with van der Waals surface area (Å²) in [5.41, 5.74) is 7.60. The molecule has 2 atom stereocenters. The fourth-order valence-corrected chi connectivity index (χ4v) is 3.56. The van der Waals surface area contributed by atoms with Crippen molar-refractivity contribution in [1.82, 2.24) is 0 Å². The van der Waals surface area contributed by atoms with Crippen molar-refractivity contribution in [2.45, 2.75) is 32.7 Å². The molecular weight excluding hydrogens is 298 g/mol. The fraction of sp³-hybridized carbons (Fsp3) is 0.381. The van der Waals surface area contributed by atoms with Crippen molar-refractivity contribution < 1.29 is 9.84 Å². The second-order valence-corrected chi connectivity index (χ2v) is 6.38. The molecule has 0 radical (unpaired) electrons. The van der Waals surface area contributed by atoms with Gasteiger partial charge in [-0.15, -0.1) is 0 Å². The summed E-state index contributed by atoms with van der Waals surface area (Å²) in [7, 11) is 1.66. The Morgan fingerprint density at radius 2 is 2.08 bits per heavy atom. The van der Waals surface area contributed by atoms with Crippen molar-refractivity contribution in [2.75, 3.05) is 20.3 Å². The number of fused-ring (bicyclic) bond motifs is 1. The normalized spacial score (nSPS) is 20.4. The minimum atomic E-state index is -0.0716. The van der Waals surface area contributed by atoms with Gasteiger partial charge in [-0.2, -0.15) is 0 Å². The topological polar surface area (TPSA) is 41.8 Å². The molecule has 2 unspecified atom stereocenters. The summed E-state index contributed by atoms with van der Waals surface area (Å²) in [5.74, 6) is 0.204. The summed E-state index contributed by atoms with van der Waals surface area (Å²) in [6.07, 6.45) is 3.55. The van der Waals surface area contributed by atoms with Crippen LogP contribution in [0.25, 0.3) is 0 Å². The molecule has 128 valence electrons. The van der Waals surface area contributed by atoms with Crippen molar-refractivity contribution in [3.63, 3.8) is 0 Å². The van der Waals surface area contributed by atoms with Gasteiger partial charge in [-0.1, -0.05) is 43.9 Å². The highest BCUT2D eigenvalue weighted by atomic mass is 16.5. The lowest BCUT2D eigenvalue weighted by atomic mass is 9.78. The van der Waals surface area contributed by atoms with Gasteiger partial charge in [-0.25, -0.2) is 0 Å². The van der Waals surface area contributed by atoms with Crippen molar-refractivity contribution >= 4 is 5.71 Å². The first-order chi connectivity index (χ1) is 11.4. The highest BCUT2D eigenvalue weighted by molar-refractivity contribution is 6.16. The zero-order chi connectivity index (χ0) is 17.9. The van der Waals surface area contributed by atoms with E-state index >= 15 is 0 Å². The Balaban J connectivity index is 2.67. The maximum atomic E-state index is 9.37. The number of ether oxygens (including phenoxy) is 1. The predicted molar refractivity (Wildman–Crippen MR) is 101 cm³/mol. The molecule has 3 heteroatoms. The van der Waals surface area contributed by atoms with E-state index < -0.39 is 0 Å². The van der Waals surface area contributed by atoms with Crippen LogP contribution in [0.5, 0.6) is 0 Å². The third-order valence-corrected chi connectivity index (χ3v) is 4.58. The van der Waals surface area contributed by atoms with E-state index in [0.717, 1.165) is 22.4 Å². The number of aryl methyl sites for hydroxylation is 2. The van der Waals surface area contributed by atoms with Gasteiger partial charge in [-0.3, -0.25) is 4.99 Å². The minimum Gasteiger partial charge on any atom is -0.392 e. The molecule has 0 aliphatic carbocycles. The van der Waals surface area contributed by atoms with E-state index in [0.29, 0.717) is 6.61 Å². The number of aliphatic hydroxyl groups is 1. The maximum absolute atomic E-state index is 9.37. The number of nitrogens with zero attached hydrogens (tertiary/aromatic N) is 1. The molecule has 3 nitrogen and oxygen atoms in total. The fourth-order valence-electron chi connectivity index (χ4n) is 3.56. The number of methoxy groups -OCH3 is 1. The SMILES string of the molecule is C=CC(=C)C1=NC(/C(=C/CO)COC)C(C)c2c(C)cc(C)cc21. The Labute approximate surface area is 145 Å². The van der Waals surface area contributed by atoms with Crippen LogP contribution in [-0.2, 0) is 4.74 Å². The molecule has 1 N–H and O–H groups in total. The molecule has 1 heterocycles. The van der Waals surface area contributed by atoms with Gasteiger partial charge in [0.15, 0.2) is 0 Å². The van der Waals surface area contributed by atoms with E-state index in [4.69, 9.17) is 9.73 Å². The highest BCUT2D eigenvalue weighted by Crippen LogP contribution is 2.38. The Morgan fingerprint density at radius 3 is 2.67 bits per heavy atom. The number of benzene rings is 1. The van der Waals surface area contributed by atoms with E-state index in [1.165, 1.54) is 16.7 Å². The number of hydrogen-bond donors (Lipinski definition) is 1. The molecule has 1 aromatic rings. The van der Waals surface area contributed by atoms with Gasteiger partial charge < -0.3 is 9.84 Å². The standard InChI is InChI=1S/C21H27NO2/c1-7-14(3)20-18-11-13(2)10-15(4)19(18)16(5)21(22-20)17(8-9-23)12-24-6/h7-8,10-11,16,21,23H,1,3,9,12H2,2,4-6H3/b17-8+. The first-order valence-electron chi connectivity index (χ1n) is 8.24. The molecule has 0 bridgehead atoms. The first-order valence-corrected chi connectivity index (χ1v) is 8.24. The van der Waals surface area contributed by atoms with Crippen molar-refractivity contribution in [3.8, 4) is 0 Å². The lowest BCUT2D eigenvalue weighted by Crippen LogP contribution is -2.29. The Hall–Kier alpha value is -1.97. The molecule has 0 amide bonds. The quantitative estimate of drug-likeness (QED) is 0.637. The van der Waals surface area contributed by atoms with Crippen LogP contribution >= 0.6 is 0 Å². The third-order valence-electron chi connectivity index (χ3n) is 4.58. The summed E-state index contributed by atoms with van der Waals surface area (Å²) < 4.78 is 5.33. The zero-order valence-corrected chi connectivity index (χ0v) is 15.1. The van der Waals surface area contributed by atoms with Crippen LogP contribution in [-0.4, -0.2) is 37.2 Å². The largest absolute Gasteiger partial charge is 0.392 e. The van der Waals surface area contributed by atoms with Gasteiger partial charge in [-0.05, 0) is 42.2 Å². The molecule has 1 aliphatic rings. The van der Waals surface area contributed by atoms with E-state index in [-0.39, 0.29) is 18.6 Å². The Kier molecular flexibility index (Phi) is 5.92. The molecule has 1 aromatic carbocycles. The zero-order valence-electron chi connectivity index (χ0n) is 15.1. The summed E-state index contributed by atoms with van der Waals surface area (Å²) >= 11 is 0. The molecular formula is C21H27NO2. The van der Waals surface area contributed by atoms with Crippen LogP contribution in [0, 0.1) is 13.8 Å². The third kappa shape index (κ3) is 3.42. The van der Waals surface area contributed by atoms with Crippen molar-refractivity contribution in [1.29, 1.82) is 0 Å². The molecule has 2 rings (SSSR count). The smallest absolute Gasteiger partial charge is 0.0805 e. The number of aliphatic imine (C=N–C) groups is 1. The number of hydrogen-bond acceptors (Lipinski definition) is 3. The second-order valence-electron chi connectivity index (χ2n) is 6.38. The number of allylic oxidation sites excluding steroid dienone is 2. The molecule has 24 heavy (non-hydrogen) atoms. The van der Waals surface area contributed by atoms with Gasteiger partial charge in [0, 0.05) is 18.6 Å². The molecule has 1 aliphatic heterocycles. The van der Waals surface area contributed by atoms with Crippen LogP contribution in [0.3, 0.4) is 0 Å². The van der Waals surface area contributed by atoms with Crippen LogP contribution in [0.4, 0.5) is 0 Å². The first kappa shape index (κ1) is 18.4. The molecule has 0 saturated carbocycles. The van der Waals surface area contributed by atoms with Gasteiger partial charge >= 0.3 is 0 Å².